The number of nitrogens with one attached hydrogen (secondary N) is 2. The Morgan fingerprint density at radius 1 is 1.32 bits per heavy atom. The van der Waals surface area contributed by atoms with Crippen molar-refractivity contribution < 1.29 is 8.42 Å². The summed E-state index contributed by atoms with van der Waals surface area (Å²) in [6, 6.07) is 0.224. The fourth-order valence-corrected chi connectivity index (χ4v) is 4.31. The molecule has 2 heterocycles. The van der Waals surface area contributed by atoms with Crippen molar-refractivity contribution in [1.29, 1.82) is 0 Å². The van der Waals surface area contributed by atoms with Gasteiger partial charge < -0.3 is 15.2 Å². The van der Waals surface area contributed by atoms with Crippen LogP contribution in [0.5, 0.6) is 0 Å². The third kappa shape index (κ3) is 7.51. The highest BCUT2D eigenvalue weighted by Gasteiger charge is 2.27. The number of hydrogen-bond acceptors (Lipinski definition) is 4. The molecule has 0 radical (unpaired) electrons. The van der Waals surface area contributed by atoms with Gasteiger partial charge in [-0.15, -0.1) is 24.0 Å². The SMILES string of the molecule is CCNC(=NCc1nccn1CC(C)C)NC1CCN(S(=O)(=O)CC)CC1.I. The van der Waals surface area contributed by atoms with Crippen LogP contribution < -0.4 is 10.6 Å². The van der Waals surface area contributed by atoms with E-state index in [4.69, 9.17) is 0 Å². The molecule has 1 saturated heterocycles. The van der Waals surface area contributed by atoms with Crippen LogP contribution in [-0.4, -0.2) is 59.7 Å². The zero-order valence-electron chi connectivity index (χ0n) is 17.4. The van der Waals surface area contributed by atoms with E-state index in [1.807, 2.05) is 19.3 Å². The highest BCUT2D eigenvalue weighted by Crippen LogP contribution is 2.14. The first kappa shape index (κ1) is 25.2. The Bertz CT molecular complexity index is 711. The second-order valence-electron chi connectivity index (χ2n) is 7.30. The van der Waals surface area contributed by atoms with Gasteiger partial charge in [-0.3, -0.25) is 0 Å². The van der Waals surface area contributed by atoms with E-state index in [0.717, 1.165) is 37.7 Å². The van der Waals surface area contributed by atoms with E-state index in [1.54, 1.807) is 11.2 Å². The summed E-state index contributed by atoms with van der Waals surface area (Å²) in [4.78, 5) is 9.10. The van der Waals surface area contributed by atoms with Gasteiger partial charge in [0.25, 0.3) is 0 Å². The zero-order chi connectivity index (χ0) is 19.9. The van der Waals surface area contributed by atoms with Gasteiger partial charge >= 0.3 is 0 Å². The Labute approximate surface area is 186 Å². The molecule has 28 heavy (non-hydrogen) atoms. The maximum atomic E-state index is 12.0. The van der Waals surface area contributed by atoms with Crippen LogP contribution >= 0.6 is 24.0 Å². The van der Waals surface area contributed by atoms with Gasteiger partial charge in [0, 0.05) is 44.6 Å². The molecule has 1 aliphatic rings. The van der Waals surface area contributed by atoms with E-state index < -0.39 is 10.0 Å². The fourth-order valence-electron chi connectivity index (χ4n) is 3.18. The van der Waals surface area contributed by atoms with Gasteiger partial charge in [0.1, 0.15) is 12.4 Å². The molecule has 0 amide bonds. The summed E-state index contributed by atoms with van der Waals surface area (Å²) in [6.45, 7) is 11.4. The lowest BCUT2D eigenvalue weighted by Crippen LogP contribution is -2.50. The van der Waals surface area contributed by atoms with Crippen LogP contribution in [0.1, 0.15) is 46.4 Å². The lowest BCUT2D eigenvalue weighted by Gasteiger charge is -2.32. The molecule has 0 spiro atoms. The summed E-state index contributed by atoms with van der Waals surface area (Å²) in [7, 11) is -3.09. The molecule has 162 valence electrons. The van der Waals surface area contributed by atoms with Gasteiger partial charge in [-0.25, -0.2) is 22.7 Å². The molecule has 2 N–H and O–H groups in total. The molecular formula is C18H35IN6O2S. The minimum absolute atomic E-state index is 0. The number of sulfonamides is 1. The Hall–Kier alpha value is -0.880. The van der Waals surface area contributed by atoms with E-state index >= 15 is 0 Å². The Morgan fingerprint density at radius 2 is 2.00 bits per heavy atom. The molecule has 0 saturated carbocycles. The van der Waals surface area contributed by atoms with Crippen LogP contribution in [0.3, 0.4) is 0 Å². The zero-order valence-corrected chi connectivity index (χ0v) is 20.5. The van der Waals surface area contributed by atoms with Gasteiger partial charge in [-0.2, -0.15) is 0 Å². The van der Waals surface area contributed by atoms with Crippen molar-refractivity contribution >= 4 is 40.0 Å². The second-order valence-corrected chi connectivity index (χ2v) is 9.56. The minimum Gasteiger partial charge on any atom is -0.357 e. The van der Waals surface area contributed by atoms with E-state index in [0.29, 0.717) is 25.6 Å². The quantitative estimate of drug-likeness (QED) is 0.307. The predicted molar refractivity (Wildman–Crippen MR) is 124 cm³/mol. The Kier molecular flexibility index (Phi) is 10.7. The van der Waals surface area contributed by atoms with Gasteiger partial charge in [0.15, 0.2) is 5.96 Å². The molecule has 0 unspecified atom stereocenters. The Balaban J connectivity index is 0.00000392. The standard InChI is InChI=1S/C18H34N6O2S.HI/c1-5-19-18(21-13-17-20-9-12-23(17)14-15(3)4)22-16-7-10-24(11-8-16)27(25,26)6-2;/h9,12,15-16H,5-8,10-11,13-14H2,1-4H3,(H2,19,21,22);1H. The van der Waals surface area contributed by atoms with Crippen molar-refractivity contribution in [3.63, 3.8) is 0 Å². The number of rotatable bonds is 8. The average Bonchev–Trinajstić information content (AvgIpc) is 3.06. The topological polar surface area (TPSA) is 91.6 Å². The molecule has 0 aromatic carbocycles. The summed E-state index contributed by atoms with van der Waals surface area (Å²) < 4.78 is 27.7. The molecule has 2 rings (SSSR count). The fraction of sp³-hybridized carbons (Fsp3) is 0.778. The number of imidazole rings is 1. The Morgan fingerprint density at radius 3 is 2.57 bits per heavy atom. The smallest absolute Gasteiger partial charge is 0.213 e. The first-order valence-electron chi connectivity index (χ1n) is 9.88. The van der Waals surface area contributed by atoms with Crippen molar-refractivity contribution in [3.8, 4) is 0 Å². The van der Waals surface area contributed by atoms with E-state index in [2.05, 4.69) is 39.0 Å². The maximum Gasteiger partial charge on any atom is 0.213 e. The monoisotopic (exact) mass is 526 g/mol. The molecule has 1 fully saturated rings. The summed E-state index contributed by atoms with van der Waals surface area (Å²) in [5.74, 6) is 2.43. The summed E-state index contributed by atoms with van der Waals surface area (Å²) in [5.41, 5.74) is 0. The molecular weight excluding hydrogens is 491 g/mol. The highest BCUT2D eigenvalue weighted by molar-refractivity contribution is 14.0. The number of piperidine rings is 1. The van der Waals surface area contributed by atoms with Crippen LogP contribution in [0.4, 0.5) is 0 Å². The van der Waals surface area contributed by atoms with Gasteiger partial charge in [0.2, 0.25) is 10.0 Å². The lowest BCUT2D eigenvalue weighted by molar-refractivity contribution is 0.306. The number of hydrogen-bond donors (Lipinski definition) is 2. The number of nitrogens with zero attached hydrogens (tertiary/aromatic N) is 4. The van der Waals surface area contributed by atoms with Gasteiger partial charge in [0.05, 0.1) is 5.75 Å². The predicted octanol–water partition coefficient (Wildman–Crippen LogP) is 2.03. The van der Waals surface area contributed by atoms with Crippen LogP contribution in [0, 0.1) is 5.92 Å². The molecule has 10 heteroatoms. The molecule has 1 aliphatic heterocycles. The lowest BCUT2D eigenvalue weighted by atomic mass is 10.1. The molecule has 0 bridgehead atoms. The highest BCUT2D eigenvalue weighted by atomic mass is 127. The van der Waals surface area contributed by atoms with Crippen LogP contribution in [0.2, 0.25) is 0 Å². The van der Waals surface area contributed by atoms with E-state index in [9.17, 15) is 8.42 Å². The maximum absolute atomic E-state index is 12.0. The number of aliphatic imine (C=N–C) groups is 1. The van der Waals surface area contributed by atoms with Crippen molar-refractivity contribution in [2.45, 2.75) is 59.7 Å². The summed E-state index contributed by atoms with van der Waals surface area (Å²) >= 11 is 0. The van der Waals surface area contributed by atoms with Crippen LogP contribution in [0.25, 0.3) is 0 Å². The number of halogens is 1. The first-order chi connectivity index (χ1) is 12.9. The second kappa shape index (κ2) is 12.0. The number of aromatic nitrogens is 2. The third-order valence-corrected chi connectivity index (χ3v) is 6.52. The van der Waals surface area contributed by atoms with Gasteiger partial charge in [-0.1, -0.05) is 13.8 Å². The minimum atomic E-state index is -3.09. The average molecular weight is 526 g/mol. The van der Waals surface area contributed by atoms with E-state index in [-0.39, 0.29) is 35.8 Å². The largest absolute Gasteiger partial charge is 0.357 e. The molecule has 0 atom stereocenters. The van der Waals surface area contributed by atoms with Gasteiger partial charge in [-0.05, 0) is 32.6 Å². The summed E-state index contributed by atoms with van der Waals surface area (Å²) in [5, 5.41) is 6.73. The van der Waals surface area contributed by atoms with Crippen LogP contribution in [-0.2, 0) is 23.1 Å². The molecule has 8 nitrogen and oxygen atoms in total. The van der Waals surface area contributed by atoms with Crippen molar-refractivity contribution in [3.05, 3.63) is 18.2 Å². The first-order valence-corrected chi connectivity index (χ1v) is 11.5. The molecule has 1 aromatic heterocycles. The van der Waals surface area contributed by atoms with Crippen molar-refractivity contribution in [2.24, 2.45) is 10.9 Å². The van der Waals surface area contributed by atoms with E-state index in [1.165, 1.54) is 0 Å². The molecule has 1 aromatic rings. The van der Waals surface area contributed by atoms with Crippen molar-refractivity contribution in [2.75, 3.05) is 25.4 Å². The van der Waals surface area contributed by atoms with Crippen LogP contribution in [0.15, 0.2) is 17.4 Å². The molecule has 0 aliphatic carbocycles. The number of guanidine groups is 1. The van der Waals surface area contributed by atoms with Crippen molar-refractivity contribution in [1.82, 2.24) is 24.5 Å². The normalized spacial score (nSPS) is 16.8. The third-order valence-electron chi connectivity index (χ3n) is 4.64. The summed E-state index contributed by atoms with van der Waals surface area (Å²) in [6.07, 6.45) is 5.38.